The predicted molar refractivity (Wildman–Crippen MR) is 133 cm³/mol. The Labute approximate surface area is 198 Å². The molecule has 2 atom stereocenters. The molecule has 4 rings (SSSR count). The van der Waals surface area contributed by atoms with Gasteiger partial charge in [-0.3, -0.25) is 0 Å². The smallest absolute Gasteiger partial charge is 0.227 e. The molecule has 0 saturated carbocycles. The minimum absolute atomic E-state index is 0.179. The van der Waals surface area contributed by atoms with E-state index in [1.54, 1.807) is 31.5 Å². The maximum Gasteiger partial charge on any atom is 0.227 e. The van der Waals surface area contributed by atoms with Gasteiger partial charge in [0.1, 0.15) is 5.75 Å². The molecule has 8 nitrogen and oxygen atoms in total. The lowest BCUT2D eigenvalue weighted by Crippen LogP contribution is -2.31. The van der Waals surface area contributed by atoms with Gasteiger partial charge in [0, 0.05) is 17.0 Å². The molecule has 0 spiro atoms. The first-order valence-corrected chi connectivity index (χ1v) is 11.4. The minimum atomic E-state index is -0.560. The monoisotopic (exact) mass is 464 g/mol. The number of hydrogen-bond acceptors (Lipinski definition) is 8. The zero-order chi connectivity index (χ0) is 23.4. The molecular weight excluding hydrogens is 436 g/mol. The van der Waals surface area contributed by atoms with Crippen molar-refractivity contribution in [1.29, 1.82) is 0 Å². The van der Waals surface area contributed by atoms with Crippen LogP contribution < -0.4 is 10.6 Å². The summed E-state index contributed by atoms with van der Waals surface area (Å²) in [4.78, 5) is 14.7. The largest absolute Gasteiger partial charge is 0.508 e. The number of benzene rings is 2. The van der Waals surface area contributed by atoms with Gasteiger partial charge in [0.05, 0.1) is 25.0 Å². The second kappa shape index (κ2) is 10.1. The Bertz CT molecular complexity index is 1230. The van der Waals surface area contributed by atoms with E-state index in [0.29, 0.717) is 48.0 Å². The van der Waals surface area contributed by atoms with Gasteiger partial charge in [-0.25, -0.2) is 4.98 Å². The van der Waals surface area contributed by atoms with Gasteiger partial charge in [-0.15, -0.1) is 12.6 Å². The Morgan fingerprint density at radius 3 is 2.64 bits per heavy atom. The van der Waals surface area contributed by atoms with Crippen molar-refractivity contribution in [1.82, 2.24) is 19.5 Å². The summed E-state index contributed by atoms with van der Waals surface area (Å²) in [6.07, 6.45) is 1.90. The van der Waals surface area contributed by atoms with Crippen LogP contribution in [-0.4, -0.2) is 41.9 Å². The number of aliphatic hydroxyl groups excluding tert-OH is 1. The molecule has 172 valence electrons. The van der Waals surface area contributed by atoms with Crippen molar-refractivity contribution in [2.75, 3.05) is 10.6 Å². The average Bonchev–Trinajstić information content (AvgIpc) is 3.21. The van der Waals surface area contributed by atoms with Gasteiger partial charge in [-0.1, -0.05) is 37.3 Å². The fourth-order valence-corrected chi connectivity index (χ4v) is 3.88. The molecule has 0 amide bonds. The molecule has 33 heavy (non-hydrogen) atoms. The summed E-state index contributed by atoms with van der Waals surface area (Å²) in [6, 6.07) is 15.1. The molecule has 0 aliphatic heterocycles. The lowest BCUT2D eigenvalue weighted by atomic mass is 10.1. The third kappa shape index (κ3) is 5.37. The summed E-state index contributed by atoms with van der Waals surface area (Å²) >= 11 is 4.36. The van der Waals surface area contributed by atoms with E-state index in [9.17, 15) is 10.2 Å². The molecular formula is C24H28N6O2S. The zero-order valence-corrected chi connectivity index (χ0v) is 19.5. The van der Waals surface area contributed by atoms with E-state index < -0.39 is 6.10 Å². The highest BCUT2D eigenvalue weighted by molar-refractivity contribution is 7.80. The average molecular weight is 465 g/mol. The molecule has 2 unspecified atom stereocenters. The van der Waals surface area contributed by atoms with Crippen LogP contribution in [0.4, 0.5) is 11.8 Å². The Kier molecular flexibility index (Phi) is 7.00. The molecule has 0 radical (unpaired) electrons. The Balaban J connectivity index is 1.71. The number of aliphatic hydroxyl groups is 1. The van der Waals surface area contributed by atoms with Crippen LogP contribution in [0.2, 0.25) is 0 Å². The van der Waals surface area contributed by atoms with Crippen LogP contribution in [0, 0.1) is 0 Å². The van der Waals surface area contributed by atoms with Gasteiger partial charge >= 0.3 is 0 Å². The minimum Gasteiger partial charge on any atom is -0.508 e. The highest BCUT2D eigenvalue weighted by atomic mass is 32.1. The van der Waals surface area contributed by atoms with E-state index in [-0.39, 0.29) is 11.8 Å². The quantitative estimate of drug-likeness (QED) is 0.238. The molecule has 9 heteroatoms. The Hall–Kier alpha value is -3.30. The zero-order valence-electron chi connectivity index (χ0n) is 18.6. The standard InChI is InChI=1S/C24H28N6O2S/c1-3-19(15(2)31)27-24-28-22(25-12-17-11-18(33)9-10-20(17)32)21-23(29-24)30(14-26-21)13-16-7-5-4-6-8-16/h4-11,14-15,19,31-33H,3,12-13H2,1-2H3,(H2,25,27,28,29). The van der Waals surface area contributed by atoms with Crippen LogP contribution in [-0.2, 0) is 13.1 Å². The number of thiol groups is 1. The highest BCUT2D eigenvalue weighted by Crippen LogP contribution is 2.25. The summed E-state index contributed by atoms with van der Waals surface area (Å²) in [7, 11) is 0. The molecule has 0 aliphatic rings. The third-order valence-electron chi connectivity index (χ3n) is 5.51. The molecule has 2 heterocycles. The van der Waals surface area contributed by atoms with Gasteiger partial charge in [0.2, 0.25) is 5.95 Å². The Morgan fingerprint density at radius 1 is 1.12 bits per heavy atom. The first-order chi connectivity index (χ1) is 15.9. The number of nitrogens with zero attached hydrogens (tertiary/aromatic N) is 4. The first kappa shape index (κ1) is 22.9. The lowest BCUT2D eigenvalue weighted by Gasteiger charge is -2.20. The maximum atomic E-state index is 10.2. The predicted octanol–water partition coefficient (Wildman–Crippen LogP) is 4.05. The van der Waals surface area contributed by atoms with Crippen LogP contribution in [0.3, 0.4) is 0 Å². The van der Waals surface area contributed by atoms with Crippen LogP contribution >= 0.6 is 12.6 Å². The van der Waals surface area contributed by atoms with Gasteiger partial charge in [0.25, 0.3) is 0 Å². The van der Waals surface area contributed by atoms with E-state index in [2.05, 4.69) is 45.4 Å². The molecule has 0 saturated heterocycles. The number of fused-ring (bicyclic) bond motifs is 1. The van der Waals surface area contributed by atoms with Crippen molar-refractivity contribution in [3.8, 4) is 5.75 Å². The van der Waals surface area contributed by atoms with Crippen LogP contribution in [0.15, 0.2) is 59.8 Å². The van der Waals surface area contributed by atoms with E-state index >= 15 is 0 Å². The summed E-state index contributed by atoms with van der Waals surface area (Å²) in [5, 5.41) is 26.8. The number of hydrogen-bond donors (Lipinski definition) is 5. The van der Waals surface area contributed by atoms with Crippen molar-refractivity contribution in [2.24, 2.45) is 0 Å². The number of imidazole rings is 1. The van der Waals surface area contributed by atoms with E-state index in [4.69, 9.17) is 4.98 Å². The summed E-state index contributed by atoms with van der Waals surface area (Å²) in [6.45, 7) is 4.69. The van der Waals surface area contributed by atoms with Crippen molar-refractivity contribution in [2.45, 2.75) is 50.4 Å². The van der Waals surface area contributed by atoms with Crippen LogP contribution in [0.1, 0.15) is 31.4 Å². The van der Waals surface area contributed by atoms with E-state index in [1.165, 1.54) is 0 Å². The molecule has 2 aromatic carbocycles. The van der Waals surface area contributed by atoms with Gasteiger partial charge in [0.15, 0.2) is 17.0 Å². The molecule has 0 fully saturated rings. The lowest BCUT2D eigenvalue weighted by molar-refractivity contribution is 0.169. The summed E-state index contributed by atoms with van der Waals surface area (Å²) < 4.78 is 1.97. The fourth-order valence-electron chi connectivity index (χ4n) is 3.65. The normalized spacial score (nSPS) is 13.1. The highest BCUT2D eigenvalue weighted by Gasteiger charge is 2.18. The number of anilines is 2. The molecule has 0 bridgehead atoms. The van der Waals surface area contributed by atoms with Crippen molar-refractivity contribution in [3.05, 3.63) is 66.0 Å². The van der Waals surface area contributed by atoms with Crippen LogP contribution in [0.25, 0.3) is 11.2 Å². The summed E-state index contributed by atoms with van der Waals surface area (Å²) in [5.74, 6) is 1.12. The number of aromatic hydroxyl groups is 1. The SMILES string of the molecule is CCC(Nc1nc(NCc2cc(S)ccc2O)c2ncn(Cc3ccccc3)c2n1)C(C)O. The maximum absolute atomic E-state index is 10.2. The molecule has 4 aromatic rings. The second-order valence-corrected chi connectivity index (χ2v) is 8.51. The van der Waals surface area contributed by atoms with Gasteiger partial charge < -0.3 is 25.4 Å². The molecule has 2 aromatic heterocycles. The van der Waals surface area contributed by atoms with Crippen molar-refractivity contribution >= 4 is 35.6 Å². The summed E-state index contributed by atoms with van der Waals surface area (Å²) in [5.41, 5.74) is 3.13. The number of nitrogens with one attached hydrogen (secondary N) is 2. The van der Waals surface area contributed by atoms with Crippen LogP contribution in [0.5, 0.6) is 5.75 Å². The fraction of sp³-hybridized carbons (Fsp3) is 0.292. The number of phenolic OH excluding ortho intramolecular Hbond substituents is 1. The van der Waals surface area contributed by atoms with Gasteiger partial charge in [-0.05, 0) is 37.1 Å². The second-order valence-electron chi connectivity index (χ2n) is 7.99. The van der Waals surface area contributed by atoms with E-state index in [1.807, 2.05) is 29.7 Å². The topological polar surface area (TPSA) is 108 Å². The Morgan fingerprint density at radius 2 is 1.91 bits per heavy atom. The molecule has 0 aliphatic carbocycles. The first-order valence-electron chi connectivity index (χ1n) is 10.9. The number of phenols is 1. The van der Waals surface area contributed by atoms with E-state index in [0.717, 1.165) is 10.5 Å². The van der Waals surface area contributed by atoms with Crippen molar-refractivity contribution in [3.63, 3.8) is 0 Å². The van der Waals surface area contributed by atoms with Crippen molar-refractivity contribution < 1.29 is 10.2 Å². The third-order valence-corrected chi connectivity index (χ3v) is 5.78. The number of aromatic nitrogens is 4. The van der Waals surface area contributed by atoms with Gasteiger partial charge in [-0.2, -0.15) is 9.97 Å². The number of rotatable bonds is 9. The molecule has 4 N–H and O–H groups in total.